The van der Waals surface area contributed by atoms with Crippen LogP contribution in [0.1, 0.15) is 23.2 Å². The second kappa shape index (κ2) is 3.78. The molecule has 1 aromatic carbocycles. The van der Waals surface area contributed by atoms with Crippen molar-refractivity contribution in [1.82, 2.24) is 4.57 Å². The monoisotopic (exact) mass is 297 g/mol. The van der Waals surface area contributed by atoms with Crippen LogP contribution in [0.2, 0.25) is 0 Å². The van der Waals surface area contributed by atoms with Crippen molar-refractivity contribution in [3.05, 3.63) is 33.4 Å². The molecule has 3 rings (SSSR count). The lowest BCUT2D eigenvalue weighted by atomic mass is 10.0. The molecule has 84 valence electrons. The lowest BCUT2D eigenvalue weighted by Crippen LogP contribution is -2.08. The van der Waals surface area contributed by atoms with E-state index in [2.05, 4.69) is 39.6 Å². The highest BCUT2D eigenvalue weighted by molar-refractivity contribution is 9.10. The lowest BCUT2D eigenvalue weighted by molar-refractivity contribution is 0.622. The average Bonchev–Trinajstić information content (AvgIpc) is 2.56. The van der Waals surface area contributed by atoms with E-state index >= 15 is 0 Å². The van der Waals surface area contributed by atoms with E-state index in [4.69, 9.17) is 11.6 Å². The molecule has 16 heavy (non-hydrogen) atoms. The van der Waals surface area contributed by atoms with Gasteiger partial charge in [-0.1, -0.05) is 6.07 Å². The molecule has 0 spiro atoms. The molecule has 0 bridgehead atoms. The Morgan fingerprint density at radius 2 is 2.25 bits per heavy atom. The molecule has 1 aromatic heterocycles. The Bertz CT molecular complexity index is 571. The Hall–Kier alpha value is -0.470. The minimum absolute atomic E-state index is 0.597. The van der Waals surface area contributed by atoms with Crippen LogP contribution in [-0.4, -0.2) is 4.57 Å². The van der Waals surface area contributed by atoms with Gasteiger partial charge < -0.3 is 4.57 Å². The van der Waals surface area contributed by atoms with Gasteiger partial charge in [0.25, 0.3) is 0 Å². The van der Waals surface area contributed by atoms with Gasteiger partial charge in [0.05, 0.1) is 5.52 Å². The molecule has 3 heteroatoms. The van der Waals surface area contributed by atoms with Crippen LogP contribution in [-0.2, 0) is 18.8 Å². The Labute approximate surface area is 109 Å². The minimum atomic E-state index is 0.597. The molecule has 0 saturated heterocycles. The number of aromatic nitrogens is 1. The smallest absolute Gasteiger partial charge is 0.0526 e. The van der Waals surface area contributed by atoms with Crippen LogP contribution in [0.5, 0.6) is 0 Å². The molecule has 1 nitrogen and oxygen atoms in total. The molecule has 0 atom stereocenters. The zero-order valence-corrected chi connectivity index (χ0v) is 11.5. The van der Waals surface area contributed by atoms with Crippen LogP contribution >= 0.6 is 27.5 Å². The van der Waals surface area contributed by atoms with Crippen LogP contribution in [0.25, 0.3) is 10.9 Å². The van der Waals surface area contributed by atoms with Gasteiger partial charge in [0, 0.05) is 28.0 Å². The third kappa shape index (κ3) is 1.36. The van der Waals surface area contributed by atoms with Crippen molar-refractivity contribution in [3.63, 3.8) is 0 Å². The second-order valence-electron chi connectivity index (χ2n) is 4.44. The first-order valence-electron chi connectivity index (χ1n) is 5.58. The van der Waals surface area contributed by atoms with Crippen LogP contribution in [0.15, 0.2) is 16.6 Å². The summed E-state index contributed by atoms with van der Waals surface area (Å²) in [5, 5.41) is 1.32. The summed E-state index contributed by atoms with van der Waals surface area (Å²) in [6.45, 7) is 3.32. The summed E-state index contributed by atoms with van der Waals surface area (Å²) in [5.41, 5.74) is 5.42. The van der Waals surface area contributed by atoms with Gasteiger partial charge in [0.15, 0.2) is 0 Å². The van der Waals surface area contributed by atoms with E-state index in [-0.39, 0.29) is 0 Å². The summed E-state index contributed by atoms with van der Waals surface area (Å²) < 4.78 is 3.66. The Kier molecular flexibility index (Phi) is 2.52. The van der Waals surface area contributed by atoms with Crippen molar-refractivity contribution < 1.29 is 0 Å². The topological polar surface area (TPSA) is 4.93 Å². The number of rotatable bonds is 1. The molecule has 0 aliphatic carbocycles. The molecule has 1 aliphatic rings. The van der Waals surface area contributed by atoms with Gasteiger partial charge in [-0.05, 0) is 52.9 Å². The first kappa shape index (κ1) is 10.7. The van der Waals surface area contributed by atoms with E-state index in [9.17, 15) is 0 Å². The summed E-state index contributed by atoms with van der Waals surface area (Å²) in [4.78, 5) is 0. The highest BCUT2D eigenvalue weighted by atomic mass is 79.9. The predicted octanol–water partition coefficient (Wildman–Crippen LogP) is 4.40. The minimum Gasteiger partial charge on any atom is -0.343 e. The molecule has 0 fully saturated rings. The van der Waals surface area contributed by atoms with Crippen LogP contribution in [0, 0.1) is 6.92 Å². The fourth-order valence-corrected chi connectivity index (χ4v) is 3.37. The van der Waals surface area contributed by atoms with Gasteiger partial charge in [0.1, 0.15) is 0 Å². The molecular weight excluding hydrogens is 286 g/mol. The molecule has 2 aromatic rings. The molecule has 0 unspecified atom stereocenters. The number of benzene rings is 1. The summed E-state index contributed by atoms with van der Waals surface area (Å²) in [5.74, 6) is 0.597. The second-order valence-corrected chi connectivity index (χ2v) is 5.50. The third-order valence-corrected chi connectivity index (χ3v) is 4.77. The number of halogens is 2. The number of aryl methyl sites for hydroxylation is 2. The maximum absolute atomic E-state index is 5.95. The van der Waals surface area contributed by atoms with Gasteiger partial charge in [-0.25, -0.2) is 0 Å². The number of nitrogens with zero attached hydrogens (tertiary/aromatic N) is 1. The molecule has 0 amide bonds. The zero-order valence-electron chi connectivity index (χ0n) is 9.19. The van der Waals surface area contributed by atoms with E-state index in [1.165, 1.54) is 45.0 Å². The van der Waals surface area contributed by atoms with Crippen LogP contribution < -0.4 is 0 Å². The average molecular weight is 299 g/mol. The van der Waals surface area contributed by atoms with Crippen LogP contribution in [0.3, 0.4) is 0 Å². The highest BCUT2D eigenvalue weighted by Crippen LogP contribution is 2.36. The summed E-state index contributed by atoms with van der Waals surface area (Å²) >= 11 is 9.65. The highest BCUT2D eigenvalue weighted by Gasteiger charge is 2.19. The predicted molar refractivity (Wildman–Crippen MR) is 72.3 cm³/mol. The van der Waals surface area contributed by atoms with Crippen molar-refractivity contribution in [2.24, 2.45) is 0 Å². The van der Waals surface area contributed by atoms with Gasteiger partial charge in [0.2, 0.25) is 0 Å². The molecular formula is C13H13BrClN. The molecule has 1 aliphatic heterocycles. The Balaban J connectivity index is 2.45. The Morgan fingerprint density at radius 3 is 3.00 bits per heavy atom. The number of alkyl halides is 1. The number of hydrogen-bond acceptors (Lipinski definition) is 0. The maximum Gasteiger partial charge on any atom is 0.0526 e. The van der Waals surface area contributed by atoms with Crippen molar-refractivity contribution in [2.75, 3.05) is 0 Å². The van der Waals surface area contributed by atoms with Gasteiger partial charge in [-0.3, -0.25) is 0 Å². The van der Waals surface area contributed by atoms with E-state index in [1.54, 1.807) is 0 Å². The van der Waals surface area contributed by atoms with Gasteiger partial charge >= 0.3 is 0 Å². The molecule has 0 N–H and O–H groups in total. The maximum atomic E-state index is 5.95. The van der Waals surface area contributed by atoms with Crippen molar-refractivity contribution in [3.8, 4) is 0 Å². The summed E-state index contributed by atoms with van der Waals surface area (Å²) in [6.07, 6.45) is 2.41. The zero-order chi connectivity index (χ0) is 11.3. The first-order chi connectivity index (χ1) is 7.72. The fourth-order valence-electron chi connectivity index (χ4n) is 2.70. The summed E-state index contributed by atoms with van der Waals surface area (Å²) in [7, 11) is 0. The van der Waals surface area contributed by atoms with Gasteiger partial charge in [-0.2, -0.15) is 0 Å². The SMILES string of the molecule is Cc1c(Br)c2cc(CCl)cc3c2n1CCC3. The normalized spacial score (nSPS) is 14.7. The van der Waals surface area contributed by atoms with Crippen molar-refractivity contribution in [1.29, 1.82) is 0 Å². The lowest BCUT2D eigenvalue weighted by Gasteiger charge is -2.17. The fraction of sp³-hybridized carbons (Fsp3) is 0.385. The Morgan fingerprint density at radius 1 is 1.44 bits per heavy atom. The van der Waals surface area contributed by atoms with E-state index in [0.29, 0.717) is 5.88 Å². The van der Waals surface area contributed by atoms with Crippen LogP contribution in [0.4, 0.5) is 0 Å². The van der Waals surface area contributed by atoms with E-state index in [1.807, 2.05) is 0 Å². The van der Waals surface area contributed by atoms with E-state index in [0.717, 1.165) is 6.54 Å². The molecule has 2 heterocycles. The third-order valence-electron chi connectivity index (χ3n) is 3.46. The standard InChI is InChI=1S/C13H13BrClN/c1-8-12(14)11-6-9(7-15)5-10-3-2-4-16(8)13(10)11/h5-6H,2-4,7H2,1H3. The molecule has 0 saturated carbocycles. The quantitative estimate of drug-likeness (QED) is 0.688. The molecule has 0 radical (unpaired) electrons. The summed E-state index contributed by atoms with van der Waals surface area (Å²) in [6, 6.07) is 4.47. The largest absolute Gasteiger partial charge is 0.343 e. The van der Waals surface area contributed by atoms with Crippen molar-refractivity contribution in [2.45, 2.75) is 32.2 Å². The first-order valence-corrected chi connectivity index (χ1v) is 6.91. The van der Waals surface area contributed by atoms with Crippen molar-refractivity contribution >= 4 is 38.4 Å². The van der Waals surface area contributed by atoms with Gasteiger partial charge in [-0.15, -0.1) is 11.6 Å². The van der Waals surface area contributed by atoms with E-state index < -0.39 is 0 Å². The number of hydrogen-bond donors (Lipinski definition) is 0.